The summed E-state index contributed by atoms with van der Waals surface area (Å²) >= 11 is 0. The molecule has 0 rings (SSSR count). The molecule has 0 aliphatic carbocycles. The first kappa shape index (κ1) is 9.50. The Hall–Kier alpha value is -1.50. The normalized spacial score (nSPS) is 8.00. The topological polar surface area (TPSA) is 52.6 Å². The molecule has 60 valence electrons. The smallest absolute Gasteiger partial charge is 0.426 e. The number of ether oxygens (including phenoxy) is 2. The zero-order chi connectivity index (χ0) is 8.69. The highest BCUT2D eigenvalue weighted by atomic mass is 16.7. The van der Waals surface area contributed by atoms with Crippen molar-refractivity contribution in [2.75, 3.05) is 13.2 Å². The first-order chi connectivity index (χ1) is 5.16. The van der Waals surface area contributed by atoms with Gasteiger partial charge in [-0.15, -0.1) is 6.42 Å². The molecule has 0 saturated carbocycles. The molecule has 0 atom stereocenters. The van der Waals surface area contributed by atoms with Crippen molar-refractivity contribution in [3.8, 4) is 12.3 Å². The van der Waals surface area contributed by atoms with Crippen LogP contribution in [0.4, 0.5) is 4.79 Å². The highest BCUT2D eigenvalue weighted by Gasteiger charge is 2.02. The molecular formula is C7H8O4. The summed E-state index contributed by atoms with van der Waals surface area (Å²) in [5, 5.41) is 0. The predicted octanol–water partition coefficient (Wildman–Crippen LogP) is 0.362. The van der Waals surface area contributed by atoms with Gasteiger partial charge in [0.15, 0.2) is 19.0 Å². The summed E-state index contributed by atoms with van der Waals surface area (Å²) in [6, 6.07) is 0. The molecule has 0 amide bonds. The lowest BCUT2D eigenvalue weighted by Gasteiger charge is -1.99. The van der Waals surface area contributed by atoms with Gasteiger partial charge in [0.05, 0.1) is 0 Å². The van der Waals surface area contributed by atoms with Gasteiger partial charge in [0.2, 0.25) is 0 Å². The first-order valence-corrected chi connectivity index (χ1v) is 2.89. The van der Waals surface area contributed by atoms with Crippen LogP contribution in [-0.2, 0) is 14.3 Å². The molecule has 0 aliphatic rings. The van der Waals surface area contributed by atoms with Crippen molar-refractivity contribution >= 4 is 11.9 Å². The van der Waals surface area contributed by atoms with Crippen molar-refractivity contribution in [1.82, 2.24) is 0 Å². The maximum Gasteiger partial charge on any atom is 0.509 e. The highest BCUT2D eigenvalue weighted by molar-refractivity contribution is 5.78. The fourth-order valence-corrected chi connectivity index (χ4v) is 0.303. The summed E-state index contributed by atoms with van der Waals surface area (Å²) in [6.07, 6.45) is 3.86. The van der Waals surface area contributed by atoms with Crippen LogP contribution in [0.2, 0.25) is 0 Å². The summed E-state index contributed by atoms with van der Waals surface area (Å²) < 4.78 is 8.59. The lowest BCUT2D eigenvalue weighted by molar-refractivity contribution is -0.120. The quantitative estimate of drug-likeness (QED) is 0.437. The van der Waals surface area contributed by atoms with Crippen molar-refractivity contribution in [3.63, 3.8) is 0 Å². The Morgan fingerprint density at radius 2 is 2.09 bits per heavy atom. The molecule has 0 aromatic rings. The Labute approximate surface area is 64.5 Å². The van der Waals surface area contributed by atoms with Crippen molar-refractivity contribution in [2.24, 2.45) is 0 Å². The summed E-state index contributed by atoms with van der Waals surface area (Å²) in [4.78, 5) is 20.7. The lowest BCUT2D eigenvalue weighted by Crippen LogP contribution is -2.12. The third-order valence-corrected chi connectivity index (χ3v) is 0.667. The molecule has 0 aliphatic heterocycles. The van der Waals surface area contributed by atoms with E-state index in [2.05, 4.69) is 15.4 Å². The second-order valence-corrected chi connectivity index (χ2v) is 1.73. The van der Waals surface area contributed by atoms with Crippen molar-refractivity contribution in [2.45, 2.75) is 6.92 Å². The van der Waals surface area contributed by atoms with Gasteiger partial charge in [0.1, 0.15) is 0 Å². The average molecular weight is 156 g/mol. The molecule has 11 heavy (non-hydrogen) atoms. The van der Waals surface area contributed by atoms with Gasteiger partial charge in [0.25, 0.3) is 0 Å². The minimum absolute atomic E-state index is 0.142. The Balaban J connectivity index is 3.39. The number of hydrogen-bond donors (Lipinski definition) is 0. The van der Waals surface area contributed by atoms with Crippen molar-refractivity contribution in [3.05, 3.63) is 0 Å². The summed E-state index contributed by atoms with van der Waals surface area (Å²) in [5.74, 6) is 1.83. The van der Waals surface area contributed by atoms with E-state index in [9.17, 15) is 9.59 Å². The van der Waals surface area contributed by atoms with Crippen LogP contribution in [0.25, 0.3) is 0 Å². The number of carbonyl (C=O) groups excluding carboxylic acids is 2. The molecule has 0 bridgehead atoms. The molecule has 0 aromatic carbocycles. The SMILES string of the molecule is C#CCOC(=O)OCC(C)=O. The molecule has 0 saturated heterocycles. The maximum absolute atomic E-state index is 10.4. The number of hydrogen-bond acceptors (Lipinski definition) is 4. The molecule has 0 fully saturated rings. The Morgan fingerprint density at radius 1 is 1.45 bits per heavy atom. The molecule has 0 N–H and O–H groups in total. The number of terminal acetylenes is 1. The van der Waals surface area contributed by atoms with Crippen LogP contribution in [-0.4, -0.2) is 25.2 Å². The van der Waals surface area contributed by atoms with E-state index in [1.807, 2.05) is 0 Å². The van der Waals surface area contributed by atoms with Crippen LogP contribution < -0.4 is 0 Å². The number of rotatable bonds is 3. The molecule has 0 aromatic heterocycles. The predicted molar refractivity (Wildman–Crippen MR) is 36.8 cm³/mol. The van der Waals surface area contributed by atoms with E-state index in [1.165, 1.54) is 6.92 Å². The maximum atomic E-state index is 10.4. The van der Waals surface area contributed by atoms with Gasteiger partial charge in [-0.2, -0.15) is 0 Å². The number of carbonyl (C=O) groups is 2. The average Bonchev–Trinajstić information content (AvgIpc) is 1.97. The van der Waals surface area contributed by atoms with Crippen molar-refractivity contribution in [1.29, 1.82) is 0 Å². The largest absolute Gasteiger partial charge is 0.509 e. The van der Waals surface area contributed by atoms with E-state index in [0.29, 0.717) is 0 Å². The molecule has 4 heteroatoms. The Bertz CT molecular complexity index is 189. The first-order valence-electron chi connectivity index (χ1n) is 2.89. The van der Waals surface area contributed by atoms with Crippen molar-refractivity contribution < 1.29 is 19.1 Å². The van der Waals surface area contributed by atoms with Gasteiger partial charge in [-0.1, -0.05) is 5.92 Å². The molecule has 4 nitrogen and oxygen atoms in total. The summed E-state index contributed by atoms with van der Waals surface area (Å²) in [7, 11) is 0. The van der Waals surface area contributed by atoms with E-state index >= 15 is 0 Å². The second-order valence-electron chi connectivity index (χ2n) is 1.73. The van der Waals surface area contributed by atoms with Gasteiger partial charge < -0.3 is 9.47 Å². The minimum Gasteiger partial charge on any atom is -0.426 e. The molecule has 0 spiro atoms. The fourth-order valence-electron chi connectivity index (χ4n) is 0.303. The van der Waals surface area contributed by atoms with Crippen LogP contribution in [0.15, 0.2) is 0 Å². The molecular weight excluding hydrogens is 148 g/mol. The van der Waals surface area contributed by atoms with Gasteiger partial charge in [0, 0.05) is 0 Å². The molecule has 0 heterocycles. The lowest BCUT2D eigenvalue weighted by atomic mass is 10.5. The van der Waals surface area contributed by atoms with E-state index in [1.54, 1.807) is 0 Å². The molecule has 0 radical (unpaired) electrons. The molecule has 0 unspecified atom stereocenters. The Kier molecular flexibility index (Phi) is 4.58. The van der Waals surface area contributed by atoms with Crippen LogP contribution in [0.1, 0.15) is 6.92 Å². The third-order valence-electron chi connectivity index (χ3n) is 0.667. The zero-order valence-corrected chi connectivity index (χ0v) is 6.12. The summed E-state index contributed by atoms with van der Waals surface area (Å²) in [6.45, 7) is 0.884. The van der Waals surface area contributed by atoms with Crippen LogP contribution in [0.5, 0.6) is 0 Å². The monoisotopic (exact) mass is 156 g/mol. The summed E-state index contributed by atoms with van der Waals surface area (Å²) in [5.41, 5.74) is 0. The van der Waals surface area contributed by atoms with E-state index in [4.69, 9.17) is 6.42 Å². The zero-order valence-electron chi connectivity index (χ0n) is 6.12. The van der Waals surface area contributed by atoms with Crippen LogP contribution >= 0.6 is 0 Å². The van der Waals surface area contributed by atoms with Gasteiger partial charge in [-0.3, -0.25) is 4.79 Å². The third kappa shape index (κ3) is 6.38. The Morgan fingerprint density at radius 3 is 2.55 bits per heavy atom. The van der Waals surface area contributed by atoms with Crippen LogP contribution in [0.3, 0.4) is 0 Å². The van der Waals surface area contributed by atoms with Gasteiger partial charge in [-0.25, -0.2) is 4.79 Å². The van der Waals surface area contributed by atoms with E-state index in [0.717, 1.165) is 0 Å². The van der Waals surface area contributed by atoms with Gasteiger partial charge >= 0.3 is 6.16 Å². The van der Waals surface area contributed by atoms with E-state index < -0.39 is 6.16 Å². The van der Waals surface area contributed by atoms with E-state index in [-0.39, 0.29) is 19.0 Å². The fraction of sp³-hybridized carbons (Fsp3) is 0.429. The minimum atomic E-state index is -0.918. The van der Waals surface area contributed by atoms with Crippen LogP contribution in [0, 0.1) is 12.3 Å². The highest BCUT2D eigenvalue weighted by Crippen LogP contribution is 1.84. The standard InChI is InChI=1S/C7H8O4/c1-3-4-10-7(9)11-5-6(2)8/h1H,4-5H2,2H3. The number of Topliss-reactive ketones (excluding diaryl/α,β-unsaturated/α-hetero) is 1. The second kappa shape index (κ2) is 5.30. The number of ketones is 1. The van der Waals surface area contributed by atoms with Gasteiger partial charge in [-0.05, 0) is 6.92 Å².